The van der Waals surface area contributed by atoms with E-state index in [4.69, 9.17) is 9.47 Å². The van der Waals surface area contributed by atoms with Crippen LogP contribution in [0.5, 0.6) is 0 Å². The number of hydrogen-bond acceptors (Lipinski definition) is 3. The van der Waals surface area contributed by atoms with Crippen LogP contribution in [-0.2, 0) is 22.6 Å². The summed E-state index contributed by atoms with van der Waals surface area (Å²) in [7, 11) is 1.71. The number of nitrogens with one attached hydrogen (secondary N) is 1. The molecule has 1 unspecified atom stereocenters. The molecule has 0 aliphatic carbocycles. The van der Waals surface area contributed by atoms with Crippen molar-refractivity contribution >= 4 is 0 Å². The number of quaternary nitrogens is 1. The number of rotatable bonds is 13. The number of aliphatic hydroxyl groups excluding tert-OH is 1. The Morgan fingerprint density at radius 3 is 2.77 bits per heavy atom. The number of methoxy groups -OCH3 is 1. The van der Waals surface area contributed by atoms with Crippen LogP contribution in [0, 0.1) is 0 Å². The Morgan fingerprint density at radius 2 is 2.04 bits per heavy atom. The van der Waals surface area contributed by atoms with Crippen molar-refractivity contribution in [3.05, 3.63) is 72.6 Å². The maximum Gasteiger partial charge on any atom is 0.126 e. The van der Waals surface area contributed by atoms with Crippen molar-refractivity contribution in [3.63, 3.8) is 0 Å². The molecule has 5 heteroatoms. The van der Waals surface area contributed by atoms with Gasteiger partial charge in [-0.25, -0.2) is 0 Å². The van der Waals surface area contributed by atoms with Crippen LogP contribution in [0.3, 0.4) is 0 Å². The van der Waals surface area contributed by atoms with E-state index in [9.17, 15) is 5.11 Å². The fraction of sp³-hybridized carbons (Fsp3) is 0.429. The van der Waals surface area contributed by atoms with Gasteiger partial charge in [0.25, 0.3) is 0 Å². The Hall–Kier alpha value is -1.92. The van der Waals surface area contributed by atoms with Gasteiger partial charge in [-0.15, -0.1) is 6.58 Å². The van der Waals surface area contributed by atoms with E-state index in [-0.39, 0.29) is 0 Å². The third kappa shape index (κ3) is 7.14. The molecule has 2 atom stereocenters. The average molecular weight is 359 g/mol. The van der Waals surface area contributed by atoms with Crippen molar-refractivity contribution in [2.24, 2.45) is 0 Å². The smallest absolute Gasteiger partial charge is 0.126 e. The number of aromatic nitrogens is 1. The predicted molar refractivity (Wildman–Crippen MR) is 103 cm³/mol. The minimum Gasteiger partial charge on any atom is -0.385 e. The van der Waals surface area contributed by atoms with E-state index in [1.165, 1.54) is 16.2 Å². The fourth-order valence-electron chi connectivity index (χ4n) is 2.99. The van der Waals surface area contributed by atoms with E-state index in [0.717, 1.165) is 19.6 Å². The number of hydrogen-bond donors (Lipinski definition) is 2. The summed E-state index contributed by atoms with van der Waals surface area (Å²) in [5, 5.41) is 10.3. The van der Waals surface area contributed by atoms with Gasteiger partial charge in [0.2, 0.25) is 0 Å². The molecule has 1 aromatic carbocycles. The van der Waals surface area contributed by atoms with Gasteiger partial charge in [0, 0.05) is 19.9 Å². The van der Waals surface area contributed by atoms with Crippen LogP contribution in [-0.4, -0.2) is 55.8 Å². The maximum atomic E-state index is 10.3. The third-order valence-corrected chi connectivity index (χ3v) is 4.28. The summed E-state index contributed by atoms with van der Waals surface area (Å²) < 4.78 is 12.9. The molecule has 2 aromatic rings. The van der Waals surface area contributed by atoms with E-state index >= 15 is 0 Å². The Morgan fingerprint density at radius 1 is 1.23 bits per heavy atom. The largest absolute Gasteiger partial charge is 0.385 e. The van der Waals surface area contributed by atoms with Gasteiger partial charge in [-0.2, -0.15) is 0 Å². The first-order valence-corrected chi connectivity index (χ1v) is 9.10. The highest BCUT2D eigenvalue weighted by atomic mass is 16.5. The molecule has 0 radical (unpaired) electrons. The molecular formula is C21H31N2O3+. The van der Waals surface area contributed by atoms with E-state index in [2.05, 4.69) is 53.7 Å². The first-order chi connectivity index (χ1) is 12.7. The Kier molecular flexibility index (Phi) is 9.14. The van der Waals surface area contributed by atoms with Gasteiger partial charge < -0.3 is 24.0 Å². The summed E-state index contributed by atoms with van der Waals surface area (Å²) in [6.45, 7) is 8.22. The van der Waals surface area contributed by atoms with Gasteiger partial charge in [-0.05, 0) is 17.7 Å². The molecule has 0 aliphatic heterocycles. The first-order valence-electron chi connectivity index (χ1n) is 9.10. The molecule has 0 fully saturated rings. The zero-order valence-electron chi connectivity index (χ0n) is 15.6. The van der Waals surface area contributed by atoms with Gasteiger partial charge in [-0.1, -0.05) is 36.4 Å². The Labute approximate surface area is 156 Å². The lowest BCUT2D eigenvalue weighted by Crippen LogP contribution is -3.12. The van der Waals surface area contributed by atoms with Crippen LogP contribution in [0.2, 0.25) is 0 Å². The maximum absolute atomic E-state index is 10.3. The number of ether oxygens (including phenoxy) is 2. The molecule has 0 amide bonds. The summed E-state index contributed by atoms with van der Waals surface area (Å²) in [4.78, 5) is 1.27. The predicted octanol–water partition coefficient (Wildman–Crippen LogP) is 1.13. The normalized spacial score (nSPS) is 13.5. The molecule has 0 aliphatic rings. The van der Waals surface area contributed by atoms with Crippen LogP contribution in [0.25, 0.3) is 0 Å². The molecule has 2 N–H and O–H groups in total. The van der Waals surface area contributed by atoms with Crippen LogP contribution in [0.4, 0.5) is 0 Å². The standard InChI is InChI=1S/C21H30N2O3/c1-3-13-26-18-21(24)17-22(12-14-25-2)16-20-10-7-11-23(20)15-19-8-5-4-6-9-19/h3-11,21,24H,1,12-18H2,2H3/p+1/t21-/m1/s1. The minimum atomic E-state index is -0.501. The van der Waals surface area contributed by atoms with Crippen LogP contribution >= 0.6 is 0 Å². The highest BCUT2D eigenvalue weighted by molar-refractivity contribution is 5.17. The molecule has 1 heterocycles. The highest BCUT2D eigenvalue weighted by Gasteiger charge is 2.17. The highest BCUT2D eigenvalue weighted by Crippen LogP contribution is 2.07. The molecule has 5 nitrogen and oxygen atoms in total. The second-order valence-electron chi connectivity index (χ2n) is 6.47. The van der Waals surface area contributed by atoms with Crippen LogP contribution in [0.1, 0.15) is 11.3 Å². The van der Waals surface area contributed by atoms with Gasteiger partial charge in [-0.3, -0.25) is 0 Å². The molecule has 26 heavy (non-hydrogen) atoms. The van der Waals surface area contributed by atoms with E-state index in [1.54, 1.807) is 13.2 Å². The zero-order chi connectivity index (χ0) is 18.6. The third-order valence-electron chi connectivity index (χ3n) is 4.28. The molecule has 0 bridgehead atoms. The second kappa shape index (κ2) is 11.6. The van der Waals surface area contributed by atoms with E-state index < -0.39 is 6.10 Å². The first kappa shape index (κ1) is 20.4. The fourth-order valence-corrected chi connectivity index (χ4v) is 2.99. The Bertz CT molecular complexity index is 627. The summed E-state index contributed by atoms with van der Waals surface area (Å²) in [6.07, 6.45) is 3.30. The lowest BCUT2D eigenvalue weighted by molar-refractivity contribution is -0.917. The summed E-state index contributed by atoms with van der Waals surface area (Å²) in [6, 6.07) is 14.7. The average Bonchev–Trinajstić information content (AvgIpc) is 3.07. The molecular weight excluding hydrogens is 328 g/mol. The van der Waals surface area contributed by atoms with Crippen LogP contribution in [0.15, 0.2) is 61.3 Å². The molecule has 0 saturated carbocycles. The van der Waals surface area contributed by atoms with E-state index in [1.807, 2.05) is 6.07 Å². The molecule has 1 aromatic heterocycles. The van der Waals surface area contributed by atoms with Crippen molar-refractivity contribution in [2.45, 2.75) is 19.2 Å². The summed E-state index contributed by atoms with van der Waals surface area (Å²) in [5.41, 5.74) is 2.53. The van der Waals surface area contributed by atoms with Gasteiger partial charge in [0.1, 0.15) is 25.7 Å². The topological polar surface area (TPSA) is 48.1 Å². The summed E-state index contributed by atoms with van der Waals surface area (Å²) >= 11 is 0. The van der Waals surface area contributed by atoms with Crippen molar-refractivity contribution in [3.8, 4) is 0 Å². The quantitative estimate of drug-likeness (QED) is 0.416. The summed E-state index contributed by atoms with van der Waals surface area (Å²) in [5.74, 6) is 0. The number of aliphatic hydroxyl groups is 1. The monoisotopic (exact) mass is 359 g/mol. The number of nitrogens with zero attached hydrogens (tertiary/aromatic N) is 1. The van der Waals surface area contributed by atoms with Gasteiger partial charge in [0.15, 0.2) is 0 Å². The minimum absolute atomic E-state index is 0.327. The van der Waals surface area contributed by atoms with Crippen molar-refractivity contribution in [2.75, 3.05) is 40.0 Å². The molecule has 0 spiro atoms. The zero-order valence-corrected chi connectivity index (χ0v) is 15.6. The molecule has 2 rings (SSSR count). The second-order valence-corrected chi connectivity index (χ2v) is 6.47. The van der Waals surface area contributed by atoms with Gasteiger partial charge >= 0.3 is 0 Å². The van der Waals surface area contributed by atoms with Crippen molar-refractivity contribution in [1.82, 2.24) is 4.57 Å². The SMILES string of the molecule is C=CCOC[C@H](O)C[NH+](CCOC)Cc1cccn1Cc1ccccc1. The Balaban J connectivity index is 1.96. The molecule has 142 valence electrons. The van der Waals surface area contributed by atoms with Crippen molar-refractivity contribution < 1.29 is 19.5 Å². The van der Waals surface area contributed by atoms with Crippen molar-refractivity contribution in [1.29, 1.82) is 0 Å². The van der Waals surface area contributed by atoms with Crippen LogP contribution < -0.4 is 4.90 Å². The lowest BCUT2D eigenvalue weighted by Gasteiger charge is -2.23. The van der Waals surface area contributed by atoms with E-state index in [0.29, 0.717) is 26.4 Å². The van der Waals surface area contributed by atoms with Gasteiger partial charge in [0.05, 0.1) is 25.5 Å². The molecule has 0 saturated heterocycles. The lowest BCUT2D eigenvalue weighted by atomic mass is 10.2. The number of benzene rings is 1.